The molecule has 0 rings (SSSR count). The maximum Gasteiger partial charge on any atom is 0.309 e. The molecule has 20 heavy (non-hydrogen) atoms. The lowest BCUT2D eigenvalue weighted by Gasteiger charge is -2.12. The Hall–Kier alpha value is -0.830. The van der Waals surface area contributed by atoms with Crippen LogP contribution in [0.1, 0.15) is 59.3 Å². The van der Waals surface area contributed by atoms with Crippen LogP contribution in [0.4, 0.5) is 0 Å². The summed E-state index contributed by atoms with van der Waals surface area (Å²) in [6, 6.07) is 0. The van der Waals surface area contributed by atoms with Gasteiger partial charge in [-0.05, 0) is 44.2 Å². The van der Waals surface area contributed by atoms with Gasteiger partial charge in [0.25, 0.3) is 0 Å². The summed E-state index contributed by atoms with van der Waals surface area (Å²) in [6.07, 6.45) is 8.79. The Morgan fingerprint density at radius 1 is 1.00 bits per heavy atom. The van der Waals surface area contributed by atoms with E-state index in [0.29, 0.717) is 19.4 Å². The Kier molecular flexibility index (Phi) is 11.5. The fourth-order valence-electron chi connectivity index (χ4n) is 2.13. The molecule has 0 N–H and O–H groups in total. The third-order valence-electron chi connectivity index (χ3n) is 3.22. The van der Waals surface area contributed by atoms with Crippen LogP contribution in [0.2, 0.25) is 0 Å². The average molecular weight is 303 g/mol. The van der Waals surface area contributed by atoms with Crippen LogP contribution < -0.4 is 0 Å². The quantitative estimate of drug-likeness (QED) is 0.321. The van der Waals surface area contributed by atoms with Crippen LogP contribution in [0.25, 0.3) is 0 Å². The van der Waals surface area contributed by atoms with Crippen LogP contribution in [0.15, 0.2) is 12.2 Å². The lowest BCUT2D eigenvalue weighted by atomic mass is 9.97. The summed E-state index contributed by atoms with van der Waals surface area (Å²) in [4.78, 5) is 23.0. The number of carbonyl (C=O) groups excluding carboxylic acids is 2. The molecule has 0 spiro atoms. The molecular formula is C16H27ClO3. The number of carbonyl (C=O) groups is 2. The van der Waals surface area contributed by atoms with E-state index in [2.05, 4.69) is 6.92 Å². The second-order valence-electron chi connectivity index (χ2n) is 4.97. The van der Waals surface area contributed by atoms with Gasteiger partial charge in [0.1, 0.15) is 0 Å². The monoisotopic (exact) mass is 302 g/mol. The zero-order valence-electron chi connectivity index (χ0n) is 12.9. The van der Waals surface area contributed by atoms with Gasteiger partial charge in [0, 0.05) is 5.92 Å². The molecule has 0 aromatic heterocycles. The molecule has 0 radical (unpaired) electrons. The van der Waals surface area contributed by atoms with E-state index >= 15 is 0 Å². The number of halogens is 1. The smallest absolute Gasteiger partial charge is 0.309 e. The first kappa shape index (κ1) is 19.2. The van der Waals surface area contributed by atoms with E-state index in [0.717, 1.165) is 25.7 Å². The molecule has 0 aromatic rings. The first-order valence-corrected chi connectivity index (χ1v) is 7.95. The number of hydrogen-bond acceptors (Lipinski definition) is 3. The van der Waals surface area contributed by atoms with E-state index in [9.17, 15) is 9.59 Å². The SMILES string of the molecule is CCCC(CC=CCC(CCC)C(=O)OCC)C(=O)Cl. The second-order valence-corrected chi connectivity index (χ2v) is 5.34. The van der Waals surface area contributed by atoms with E-state index in [1.807, 2.05) is 26.0 Å². The van der Waals surface area contributed by atoms with Gasteiger partial charge in [-0.25, -0.2) is 0 Å². The summed E-state index contributed by atoms with van der Waals surface area (Å²) >= 11 is 5.56. The molecule has 0 aliphatic heterocycles. The Morgan fingerprint density at radius 3 is 1.95 bits per heavy atom. The van der Waals surface area contributed by atoms with Crippen LogP contribution in [0.3, 0.4) is 0 Å². The minimum Gasteiger partial charge on any atom is -0.466 e. The first-order chi connectivity index (χ1) is 9.56. The molecule has 0 fully saturated rings. The van der Waals surface area contributed by atoms with Crippen molar-refractivity contribution in [2.45, 2.75) is 59.3 Å². The Bertz CT molecular complexity index is 313. The van der Waals surface area contributed by atoms with Crippen molar-refractivity contribution in [3.8, 4) is 0 Å². The van der Waals surface area contributed by atoms with Gasteiger partial charge in [-0.15, -0.1) is 0 Å². The Balaban J connectivity index is 4.28. The topological polar surface area (TPSA) is 43.4 Å². The largest absolute Gasteiger partial charge is 0.466 e. The van der Waals surface area contributed by atoms with E-state index in [4.69, 9.17) is 16.3 Å². The lowest BCUT2D eigenvalue weighted by Crippen LogP contribution is -2.17. The van der Waals surface area contributed by atoms with Gasteiger partial charge in [0.05, 0.1) is 12.5 Å². The standard InChI is InChI=1S/C16H27ClO3/c1-4-9-13(15(17)18)11-7-8-12-14(10-5-2)16(19)20-6-3/h7-8,13-14H,4-6,9-12H2,1-3H3. The zero-order valence-corrected chi connectivity index (χ0v) is 13.6. The van der Waals surface area contributed by atoms with Crippen molar-refractivity contribution in [2.75, 3.05) is 6.61 Å². The van der Waals surface area contributed by atoms with Crippen LogP contribution in [-0.4, -0.2) is 17.8 Å². The van der Waals surface area contributed by atoms with Crippen molar-refractivity contribution in [1.29, 1.82) is 0 Å². The second kappa shape index (κ2) is 12.0. The van der Waals surface area contributed by atoms with E-state index < -0.39 is 0 Å². The molecule has 0 heterocycles. The summed E-state index contributed by atoms with van der Waals surface area (Å²) in [5.74, 6) is -0.310. The van der Waals surface area contributed by atoms with E-state index in [1.165, 1.54) is 0 Å². The molecule has 3 nitrogen and oxygen atoms in total. The highest BCUT2D eigenvalue weighted by Crippen LogP contribution is 2.18. The normalized spacial score (nSPS) is 14.2. The van der Waals surface area contributed by atoms with Gasteiger partial charge in [-0.3, -0.25) is 9.59 Å². The van der Waals surface area contributed by atoms with Crippen molar-refractivity contribution in [3.63, 3.8) is 0 Å². The van der Waals surface area contributed by atoms with E-state index in [-0.39, 0.29) is 23.0 Å². The Labute approximate surface area is 127 Å². The molecule has 2 unspecified atom stereocenters. The predicted molar refractivity (Wildman–Crippen MR) is 82.7 cm³/mol. The summed E-state index contributed by atoms with van der Waals surface area (Å²) in [6.45, 7) is 6.33. The maximum atomic E-state index is 11.7. The molecule has 116 valence electrons. The third-order valence-corrected chi connectivity index (χ3v) is 3.53. The third kappa shape index (κ3) is 8.36. The highest BCUT2D eigenvalue weighted by atomic mass is 35.5. The molecular weight excluding hydrogens is 276 g/mol. The summed E-state index contributed by atoms with van der Waals surface area (Å²) in [5.41, 5.74) is 0. The van der Waals surface area contributed by atoms with Crippen molar-refractivity contribution in [1.82, 2.24) is 0 Å². The van der Waals surface area contributed by atoms with Crippen LogP contribution in [0, 0.1) is 11.8 Å². The van der Waals surface area contributed by atoms with Crippen LogP contribution >= 0.6 is 11.6 Å². The van der Waals surface area contributed by atoms with Gasteiger partial charge in [-0.2, -0.15) is 0 Å². The molecule has 0 saturated carbocycles. The number of esters is 1. The predicted octanol–water partition coefficient (Wildman–Crippen LogP) is 4.48. The van der Waals surface area contributed by atoms with Crippen LogP contribution in [-0.2, 0) is 14.3 Å². The minimum absolute atomic E-state index is 0.0764. The number of ether oxygens (including phenoxy) is 1. The molecule has 0 saturated heterocycles. The summed E-state index contributed by atoms with van der Waals surface area (Å²) in [5, 5.41) is -0.271. The zero-order chi connectivity index (χ0) is 15.4. The summed E-state index contributed by atoms with van der Waals surface area (Å²) < 4.78 is 5.06. The molecule has 2 atom stereocenters. The molecule has 0 aromatic carbocycles. The van der Waals surface area contributed by atoms with E-state index in [1.54, 1.807) is 0 Å². The fraction of sp³-hybridized carbons (Fsp3) is 0.750. The average Bonchev–Trinajstić information content (AvgIpc) is 2.40. The summed E-state index contributed by atoms with van der Waals surface area (Å²) in [7, 11) is 0. The van der Waals surface area contributed by atoms with Gasteiger partial charge in [0.15, 0.2) is 0 Å². The fourth-order valence-corrected chi connectivity index (χ4v) is 2.33. The highest BCUT2D eigenvalue weighted by molar-refractivity contribution is 6.63. The molecule has 0 aliphatic carbocycles. The van der Waals surface area contributed by atoms with Gasteiger partial charge in [0.2, 0.25) is 5.24 Å². The molecule has 0 aliphatic rings. The minimum atomic E-state index is -0.271. The van der Waals surface area contributed by atoms with Crippen molar-refractivity contribution in [3.05, 3.63) is 12.2 Å². The highest BCUT2D eigenvalue weighted by Gasteiger charge is 2.17. The van der Waals surface area contributed by atoms with Crippen LogP contribution in [0.5, 0.6) is 0 Å². The Morgan fingerprint density at radius 2 is 1.50 bits per heavy atom. The van der Waals surface area contributed by atoms with Gasteiger partial charge < -0.3 is 4.74 Å². The number of rotatable bonds is 11. The maximum absolute atomic E-state index is 11.7. The molecule has 0 amide bonds. The lowest BCUT2D eigenvalue weighted by molar-refractivity contribution is -0.148. The van der Waals surface area contributed by atoms with Crippen molar-refractivity contribution < 1.29 is 14.3 Å². The molecule has 0 bridgehead atoms. The molecule has 4 heteroatoms. The van der Waals surface area contributed by atoms with Gasteiger partial charge in [-0.1, -0.05) is 38.8 Å². The van der Waals surface area contributed by atoms with Crippen molar-refractivity contribution in [2.24, 2.45) is 11.8 Å². The number of hydrogen-bond donors (Lipinski definition) is 0. The van der Waals surface area contributed by atoms with Gasteiger partial charge >= 0.3 is 5.97 Å². The first-order valence-electron chi connectivity index (χ1n) is 7.57. The van der Waals surface area contributed by atoms with Crippen molar-refractivity contribution >= 4 is 22.8 Å². The number of allylic oxidation sites excluding steroid dienone is 2.